The minimum Gasteiger partial charge on any atom is -0.441 e. The third kappa shape index (κ3) is 7.44. The van der Waals surface area contributed by atoms with Gasteiger partial charge in [-0.2, -0.15) is 4.37 Å². The molecule has 2 aliphatic heterocycles. The molecular weight excluding hydrogens is 568 g/mol. The number of aromatic nitrogens is 1. The zero-order valence-corrected chi connectivity index (χ0v) is 26.5. The van der Waals surface area contributed by atoms with Crippen LogP contribution in [0.5, 0.6) is 0 Å². The van der Waals surface area contributed by atoms with Crippen LogP contribution in [-0.2, 0) is 27.2 Å². The third-order valence-electron chi connectivity index (χ3n) is 8.50. The monoisotopic (exact) mass is 610 g/mol. The van der Waals surface area contributed by atoms with E-state index in [1.807, 2.05) is 6.07 Å². The quantitative estimate of drug-likeness (QED) is 0.142. The van der Waals surface area contributed by atoms with E-state index in [0.717, 1.165) is 81.0 Å². The Balaban J connectivity index is 1.10. The molecule has 226 valence electrons. The zero-order chi connectivity index (χ0) is 29.5. The maximum absolute atomic E-state index is 13.0. The normalized spacial score (nSPS) is 16.3. The Morgan fingerprint density at radius 2 is 1.79 bits per heavy atom. The zero-order valence-electron chi connectivity index (χ0n) is 24.9. The van der Waals surface area contributed by atoms with Crippen molar-refractivity contribution in [2.24, 2.45) is 0 Å². The molecular formula is C33H43ClN4O3S. The molecule has 3 aromatic rings. The molecule has 7 nitrogen and oxygen atoms in total. The summed E-state index contributed by atoms with van der Waals surface area (Å²) in [5, 5.41) is 1.89. The van der Waals surface area contributed by atoms with Crippen molar-refractivity contribution in [3.63, 3.8) is 0 Å². The van der Waals surface area contributed by atoms with E-state index in [2.05, 4.69) is 47.1 Å². The summed E-state index contributed by atoms with van der Waals surface area (Å²) >= 11 is 8.31. The van der Waals surface area contributed by atoms with Crippen LogP contribution in [0.25, 0.3) is 10.1 Å². The molecule has 0 aliphatic carbocycles. The van der Waals surface area contributed by atoms with E-state index < -0.39 is 6.23 Å². The number of fused-ring (bicyclic) bond motifs is 2. The van der Waals surface area contributed by atoms with E-state index in [1.165, 1.54) is 35.8 Å². The second kappa shape index (κ2) is 14.7. The lowest BCUT2D eigenvalue weighted by Crippen LogP contribution is -2.47. The Bertz CT molecular complexity index is 1370. The Hall–Kier alpha value is -2.68. The van der Waals surface area contributed by atoms with Gasteiger partial charge in [0.2, 0.25) is 5.91 Å². The highest BCUT2D eigenvalue weighted by Gasteiger charge is 2.34. The van der Waals surface area contributed by atoms with Gasteiger partial charge in [-0.1, -0.05) is 75.2 Å². The minimum absolute atomic E-state index is 0.0554. The number of unbranched alkanes of at least 4 members (excludes halogenated alkanes) is 6. The number of ether oxygens (including phenoxy) is 1. The molecule has 9 heteroatoms. The van der Waals surface area contributed by atoms with Crippen molar-refractivity contribution >= 4 is 56.6 Å². The topological polar surface area (TPSA) is 66.0 Å². The standard InChI is InChI=1S/C33H43ClN4O3S/c1-3-4-5-6-7-8-9-14-32(40)41-24(2)38-29-23-28(34)25(21-26(29)22-31(38)39)15-16-36-17-19-37(20-18-36)33-27-12-10-11-13-30(27)42-35-33/h10-13,21,23-24H,3-9,14-20,22H2,1-2H3. The van der Waals surface area contributed by atoms with Crippen molar-refractivity contribution in [2.75, 3.05) is 42.5 Å². The lowest BCUT2D eigenvalue weighted by atomic mass is 10.1. The first kappa shape index (κ1) is 30.8. The first-order chi connectivity index (χ1) is 20.4. The van der Waals surface area contributed by atoms with E-state index in [0.29, 0.717) is 17.9 Å². The maximum Gasteiger partial charge on any atom is 0.307 e. The highest BCUT2D eigenvalue weighted by molar-refractivity contribution is 7.13. The van der Waals surface area contributed by atoms with Gasteiger partial charge in [-0.25, -0.2) is 0 Å². The van der Waals surface area contributed by atoms with Crippen molar-refractivity contribution in [2.45, 2.75) is 84.3 Å². The number of carbonyl (C=O) groups excluding carboxylic acids is 2. The van der Waals surface area contributed by atoms with E-state index >= 15 is 0 Å². The van der Waals surface area contributed by atoms with Gasteiger partial charge in [0, 0.05) is 49.6 Å². The predicted molar refractivity (Wildman–Crippen MR) is 173 cm³/mol. The van der Waals surface area contributed by atoms with Crippen LogP contribution in [0.4, 0.5) is 11.5 Å². The summed E-state index contributed by atoms with van der Waals surface area (Å²) in [7, 11) is 0. The highest BCUT2D eigenvalue weighted by atomic mass is 35.5. The number of hydrogen-bond acceptors (Lipinski definition) is 7. The molecule has 0 bridgehead atoms. The summed E-state index contributed by atoms with van der Waals surface area (Å²) in [5.41, 5.74) is 2.77. The first-order valence-corrected chi connectivity index (χ1v) is 16.7. The number of hydrogen-bond donors (Lipinski definition) is 0. The van der Waals surface area contributed by atoms with E-state index in [1.54, 1.807) is 23.4 Å². The van der Waals surface area contributed by atoms with E-state index in [9.17, 15) is 9.59 Å². The fourth-order valence-corrected chi connectivity index (χ4v) is 7.14. The third-order valence-corrected chi connectivity index (χ3v) is 9.66. The number of esters is 1. The second-order valence-corrected chi connectivity index (χ2v) is 12.8. The van der Waals surface area contributed by atoms with Gasteiger partial charge in [0.15, 0.2) is 6.23 Å². The van der Waals surface area contributed by atoms with Gasteiger partial charge in [0.25, 0.3) is 0 Å². The summed E-state index contributed by atoms with van der Waals surface area (Å²) in [6, 6.07) is 12.4. The Labute approximate surface area is 258 Å². The van der Waals surface area contributed by atoms with Crippen LogP contribution in [0.15, 0.2) is 36.4 Å². The van der Waals surface area contributed by atoms with Crippen LogP contribution in [0.2, 0.25) is 5.02 Å². The molecule has 42 heavy (non-hydrogen) atoms. The van der Waals surface area contributed by atoms with Gasteiger partial charge in [-0.3, -0.25) is 19.4 Å². The summed E-state index contributed by atoms with van der Waals surface area (Å²) < 4.78 is 11.6. The fourth-order valence-electron chi connectivity index (χ4n) is 6.09. The number of benzene rings is 2. The number of piperazine rings is 1. The van der Waals surface area contributed by atoms with E-state index in [-0.39, 0.29) is 11.9 Å². The summed E-state index contributed by atoms with van der Waals surface area (Å²) in [6.07, 6.45) is 8.89. The molecule has 0 saturated carbocycles. The first-order valence-electron chi connectivity index (χ1n) is 15.6. The van der Waals surface area contributed by atoms with Crippen LogP contribution in [0, 0.1) is 0 Å². The van der Waals surface area contributed by atoms with Gasteiger partial charge in [-0.15, -0.1) is 0 Å². The number of nitrogens with zero attached hydrogens (tertiary/aromatic N) is 4. The predicted octanol–water partition coefficient (Wildman–Crippen LogP) is 7.23. The molecule has 1 amide bonds. The smallest absolute Gasteiger partial charge is 0.307 e. The lowest BCUT2D eigenvalue weighted by Gasteiger charge is -2.35. The number of halogens is 1. The maximum atomic E-state index is 13.0. The van der Waals surface area contributed by atoms with Crippen molar-refractivity contribution in [1.29, 1.82) is 0 Å². The summed E-state index contributed by atoms with van der Waals surface area (Å²) in [5.74, 6) is 0.798. The second-order valence-electron chi connectivity index (χ2n) is 11.6. The van der Waals surface area contributed by atoms with Crippen LogP contribution < -0.4 is 9.80 Å². The van der Waals surface area contributed by atoms with Gasteiger partial charge in [-0.05, 0) is 60.6 Å². The van der Waals surface area contributed by atoms with Gasteiger partial charge >= 0.3 is 5.97 Å². The van der Waals surface area contributed by atoms with Crippen molar-refractivity contribution in [3.8, 4) is 0 Å². The number of amides is 1. The molecule has 2 aliphatic rings. The molecule has 5 rings (SSSR count). The van der Waals surface area contributed by atoms with Crippen LogP contribution in [0.3, 0.4) is 0 Å². The lowest BCUT2D eigenvalue weighted by molar-refractivity contribution is -0.149. The van der Waals surface area contributed by atoms with Crippen molar-refractivity contribution in [1.82, 2.24) is 9.27 Å². The SMILES string of the molecule is CCCCCCCCCC(=O)OC(C)N1C(=O)Cc2cc(CCN3CCN(c4nsc5ccccc45)CC3)c(Cl)cc21. The Kier molecular flexibility index (Phi) is 10.7. The van der Waals surface area contributed by atoms with Gasteiger partial charge in [0.05, 0.1) is 16.8 Å². The highest BCUT2D eigenvalue weighted by Crippen LogP contribution is 2.36. The minimum atomic E-state index is -0.649. The van der Waals surface area contributed by atoms with Gasteiger partial charge in [0.1, 0.15) is 5.82 Å². The molecule has 1 aromatic heterocycles. The Morgan fingerprint density at radius 1 is 1.05 bits per heavy atom. The van der Waals surface area contributed by atoms with Gasteiger partial charge < -0.3 is 9.64 Å². The molecule has 0 spiro atoms. The average Bonchev–Trinajstić information content (AvgIpc) is 3.56. The van der Waals surface area contributed by atoms with Crippen molar-refractivity contribution in [3.05, 3.63) is 52.5 Å². The van der Waals surface area contributed by atoms with Crippen molar-refractivity contribution < 1.29 is 14.3 Å². The molecule has 1 atom stereocenters. The number of anilines is 2. The Morgan fingerprint density at radius 3 is 2.57 bits per heavy atom. The number of carbonyl (C=O) groups is 2. The van der Waals surface area contributed by atoms with Crippen LogP contribution in [-0.4, -0.2) is 60.1 Å². The average molecular weight is 611 g/mol. The molecule has 1 saturated heterocycles. The summed E-state index contributed by atoms with van der Waals surface area (Å²) in [4.78, 5) is 31.9. The molecule has 1 fully saturated rings. The van der Waals surface area contributed by atoms with Crippen LogP contribution >= 0.6 is 23.1 Å². The molecule has 0 N–H and O–H groups in total. The fraction of sp³-hybridized carbons (Fsp3) is 0.545. The number of rotatable bonds is 14. The molecule has 0 radical (unpaired) electrons. The van der Waals surface area contributed by atoms with Crippen LogP contribution in [0.1, 0.15) is 76.3 Å². The molecule has 2 aromatic carbocycles. The van der Waals surface area contributed by atoms with E-state index in [4.69, 9.17) is 20.7 Å². The largest absolute Gasteiger partial charge is 0.441 e. The molecule has 3 heterocycles. The molecule has 1 unspecified atom stereocenters. The summed E-state index contributed by atoms with van der Waals surface area (Å²) in [6.45, 7) is 8.74.